The summed E-state index contributed by atoms with van der Waals surface area (Å²) < 4.78 is 33.9. The quantitative estimate of drug-likeness (QED) is 0.228. The van der Waals surface area contributed by atoms with Crippen LogP contribution in [-0.4, -0.2) is 37.4 Å². The van der Waals surface area contributed by atoms with Crippen molar-refractivity contribution in [2.75, 3.05) is 12.8 Å². The van der Waals surface area contributed by atoms with Gasteiger partial charge in [-0.15, -0.1) is 0 Å². The Bertz CT molecular complexity index is 1160. The third-order valence-corrected chi connectivity index (χ3v) is 8.40. The number of carbonyl (C=O) groups is 1. The first kappa shape index (κ1) is 28.8. The van der Waals surface area contributed by atoms with E-state index in [4.69, 9.17) is 10.5 Å². The molecule has 2 aromatic carbocycles. The molecule has 0 saturated heterocycles. The minimum absolute atomic E-state index is 0.0449. The summed E-state index contributed by atoms with van der Waals surface area (Å²) in [5.41, 5.74) is 7.43. The van der Waals surface area contributed by atoms with Crippen molar-refractivity contribution in [3.63, 3.8) is 0 Å². The fraction of sp³-hybridized carbons (Fsp3) is 0.400. The minimum atomic E-state index is -3.96. The molecule has 0 aliphatic rings. The molecule has 0 spiro atoms. The van der Waals surface area contributed by atoms with Crippen molar-refractivity contribution in [3.05, 3.63) is 70.7 Å². The van der Waals surface area contributed by atoms with Gasteiger partial charge in [-0.25, -0.2) is 13.1 Å². The van der Waals surface area contributed by atoms with E-state index in [1.54, 1.807) is 38.1 Å². The average Bonchev–Trinajstić information content (AvgIpc) is 2.79. The number of nitrogens with two attached hydrogens (primary N) is 1. The number of ether oxygens (including phenoxy) is 1. The van der Waals surface area contributed by atoms with E-state index in [1.165, 1.54) is 18.2 Å². The first-order valence-electron chi connectivity index (χ1n) is 11.3. The number of aryl methyl sites for hydroxylation is 1. The van der Waals surface area contributed by atoms with Crippen molar-refractivity contribution >= 4 is 24.6 Å². The van der Waals surface area contributed by atoms with E-state index in [2.05, 4.69) is 11.6 Å². The highest BCUT2D eigenvalue weighted by Crippen LogP contribution is 2.38. The van der Waals surface area contributed by atoms with Crippen LogP contribution >= 0.6 is 8.58 Å². The predicted octanol–water partition coefficient (Wildman–Crippen LogP) is 4.24. The molecule has 0 aromatic heterocycles. The van der Waals surface area contributed by atoms with Crippen LogP contribution in [0.3, 0.4) is 0 Å². The molecule has 8 nitrogen and oxygen atoms in total. The van der Waals surface area contributed by atoms with Gasteiger partial charge in [0, 0.05) is 12.2 Å². The second kappa shape index (κ2) is 12.5. The van der Waals surface area contributed by atoms with Crippen LogP contribution in [0.25, 0.3) is 0 Å². The number of aliphatic carboxylic acids is 1. The Kier molecular flexibility index (Phi) is 10.3. The van der Waals surface area contributed by atoms with E-state index < -0.39 is 27.5 Å². The van der Waals surface area contributed by atoms with Gasteiger partial charge in [0.2, 0.25) is 10.0 Å². The molecular weight excluding hydrogens is 487 g/mol. The number of para-hydroxylation sites is 1. The summed E-state index contributed by atoms with van der Waals surface area (Å²) >= 11 is 0. The lowest BCUT2D eigenvalue weighted by molar-refractivity contribution is -0.156. The number of sulfonamides is 1. The third-order valence-electron chi connectivity index (χ3n) is 5.59. The van der Waals surface area contributed by atoms with Gasteiger partial charge in [-0.2, -0.15) is 0 Å². The SMILES string of the molecule is CCCP/C=C(\N)COC(c1ccc(C)c(CNS(=O)(=O)c2ccccc2O)c1)C(C)(C)C(=O)O. The van der Waals surface area contributed by atoms with E-state index in [0.29, 0.717) is 25.4 Å². The van der Waals surface area contributed by atoms with Crippen LogP contribution in [0, 0.1) is 12.3 Å². The number of phenols is 1. The molecule has 0 aliphatic carbocycles. The molecule has 0 radical (unpaired) electrons. The monoisotopic (exact) mass is 522 g/mol. The first-order chi connectivity index (χ1) is 16.4. The lowest BCUT2D eigenvalue weighted by atomic mass is 9.81. The third kappa shape index (κ3) is 7.77. The number of hydrogen-bond acceptors (Lipinski definition) is 6. The molecule has 35 heavy (non-hydrogen) atoms. The maximum atomic E-state index is 12.7. The number of nitrogens with one attached hydrogen (secondary N) is 1. The summed E-state index contributed by atoms with van der Waals surface area (Å²) in [6.07, 6.45) is 1.26. The van der Waals surface area contributed by atoms with Gasteiger partial charge in [0.25, 0.3) is 0 Å². The van der Waals surface area contributed by atoms with Gasteiger partial charge in [-0.05, 0) is 61.6 Å². The second-order valence-corrected chi connectivity index (χ2v) is 11.8. The van der Waals surface area contributed by atoms with Crippen LogP contribution in [0.2, 0.25) is 0 Å². The van der Waals surface area contributed by atoms with Gasteiger partial charge in [0.1, 0.15) is 10.6 Å². The Labute approximate surface area is 209 Å². The number of aromatic hydroxyl groups is 1. The van der Waals surface area contributed by atoms with E-state index in [1.807, 2.05) is 12.7 Å². The number of hydrogen-bond donors (Lipinski definition) is 4. The van der Waals surface area contributed by atoms with Crippen molar-refractivity contribution < 1.29 is 28.2 Å². The van der Waals surface area contributed by atoms with Gasteiger partial charge in [-0.3, -0.25) is 4.79 Å². The molecule has 2 unspecified atom stereocenters. The van der Waals surface area contributed by atoms with E-state index in [9.17, 15) is 23.4 Å². The summed E-state index contributed by atoms with van der Waals surface area (Å²) in [4.78, 5) is 11.8. The van der Waals surface area contributed by atoms with Crippen molar-refractivity contribution in [2.24, 2.45) is 11.1 Å². The molecule has 2 rings (SSSR count). The van der Waals surface area contributed by atoms with Gasteiger partial charge in [-0.1, -0.05) is 52.3 Å². The van der Waals surface area contributed by atoms with Gasteiger partial charge < -0.3 is 20.7 Å². The summed E-state index contributed by atoms with van der Waals surface area (Å²) in [7, 11) is -3.39. The fourth-order valence-corrected chi connectivity index (χ4v) is 5.26. The summed E-state index contributed by atoms with van der Waals surface area (Å²) in [5, 5.41) is 19.8. The number of rotatable bonds is 13. The van der Waals surface area contributed by atoms with E-state index >= 15 is 0 Å². The normalized spacial score (nSPS) is 13.9. The maximum Gasteiger partial charge on any atom is 0.312 e. The number of carboxylic acids is 1. The highest BCUT2D eigenvalue weighted by Gasteiger charge is 2.39. The lowest BCUT2D eigenvalue weighted by Gasteiger charge is -2.31. The minimum Gasteiger partial charge on any atom is -0.507 e. The Hall–Kier alpha value is -2.45. The zero-order chi connectivity index (χ0) is 26.2. The molecule has 0 aliphatic heterocycles. The highest BCUT2D eigenvalue weighted by atomic mass is 32.2. The zero-order valence-corrected chi connectivity index (χ0v) is 22.4. The highest BCUT2D eigenvalue weighted by molar-refractivity contribution is 7.89. The summed E-state index contributed by atoms with van der Waals surface area (Å²) in [6.45, 7) is 7.13. The number of benzene rings is 2. The predicted molar refractivity (Wildman–Crippen MR) is 139 cm³/mol. The molecule has 192 valence electrons. The first-order valence-corrected chi connectivity index (χ1v) is 14.1. The van der Waals surface area contributed by atoms with Crippen molar-refractivity contribution in [1.82, 2.24) is 4.72 Å². The second-order valence-electron chi connectivity index (χ2n) is 8.87. The standard InChI is InChI=1S/C25H35N2O6PS/c1-5-12-34-16-20(26)15-33-23(25(3,4)24(29)30)18-11-10-17(2)19(13-18)14-27-35(31,32)22-9-7-6-8-21(22)28/h6-11,13,16,23,27-28,34H,5,12,14-15,26H2,1-4H3,(H,29,30)/b20-16-. The van der Waals surface area contributed by atoms with Crippen LogP contribution in [-0.2, 0) is 26.1 Å². The van der Waals surface area contributed by atoms with Crippen molar-refractivity contribution in [2.45, 2.75) is 51.7 Å². The molecule has 0 amide bonds. The summed E-state index contributed by atoms with van der Waals surface area (Å²) in [5.74, 6) is 0.551. The Balaban J connectivity index is 2.31. The zero-order valence-electron chi connectivity index (χ0n) is 20.5. The largest absolute Gasteiger partial charge is 0.507 e. The Morgan fingerprint density at radius 1 is 1.26 bits per heavy atom. The summed E-state index contributed by atoms with van der Waals surface area (Å²) in [6, 6.07) is 11.0. The van der Waals surface area contributed by atoms with E-state index in [-0.39, 0.29) is 23.8 Å². The van der Waals surface area contributed by atoms with Gasteiger partial charge in [0.15, 0.2) is 0 Å². The van der Waals surface area contributed by atoms with Crippen molar-refractivity contribution in [3.8, 4) is 5.75 Å². The average molecular weight is 523 g/mol. The Morgan fingerprint density at radius 2 is 1.94 bits per heavy atom. The fourth-order valence-electron chi connectivity index (χ4n) is 3.38. The van der Waals surface area contributed by atoms with Crippen LogP contribution in [0.5, 0.6) is 5.75 Å². The lowest BCUT2D eigenvalue weighted by Crippen LogP contribution is -2.34. The van der Waals surface area contributed by atoms with Crippen LogP contribution in [0.15, 0.2) is 58.9 Å². The molecule has 10 heteroatoms. The molecule has 5 N–H and O–H groups in total. The molecule has 0 fully saturated rings. The molecular formula is C25H35N2O6PS. The van der Waals surface area contributed by atoms with Gasteiger partial charge >= 0.3 is 5.97 Å². The Morgan fingerprint density at radius 3 is 2.57 bits per heavy atom. The molecule has 0 heterocycles. The van der Waals surface area contributed by atoms with E-state index in [0.717, 1.165) is 18.1 Å². The topological polar surface area (TPSA) is 139 Å². The van der Waals surface area contributed by atoms with Crippen LogP contribution in [0.4, 0.5) is 0 Å². The van der Waals surface area contributed by atoms with Crippen LogP contribution in [0.1, 0.15) is 50.0 Å². The van der Waals surface area contributed by atoms with Crippen molar-refractivity contribution in [1.29, 1.82) is 0 Å². The molecule has 0 bridgehead atoms. The van der Waals surface area contributed by atoms with Crippen LogP contribution < -0.4 is 10.5 Å². The molecule has 2 atom stereocenters. The molecule has 2 aromatic rings. The smallest absolute Gasteiger partial charge is 0.312 e. The van der Waals surface area contributed by atoms with Gasteiger partial charge in [0.05, 0.1) is 18.1 Å². The number of carboxylic acid groups (broad SMARTS) is 1. The maximum absolute atomic E-state index is 12.7. The number of phenolic OH excluding ortho intramolecular Hbond substituents is 1. The molecule has 0 saturated carbocycles.